The van der Waals surface area contributed by atoms with E-state index in [0.29, 0.717) is 18.6 Å². The zero-order valence-corrected chi connectivity index (χ0v) is 12.4. The van der Waals surface area contributed by atoms with Crippen molar-refractivity contribution >= 4 is 17.7 Å². The number of carboxylic acids is 1. The number of halogens is 2. The van der Waals surface area contributed by atoms with Crippen molar-refractivity contribution in [3.05, 3.63) is 0 Å². The quantitative estimate of drug-likeness (QED) is 0.669. The Morgan fingerprint density at radius 1 is 1.28 bits per heavy atom. The van der Waals surface area contributed by atoms with Crippen LogP contribution in [0.25, 0.3) is 0 Å². The largest absolute Gasteiger partial charge is 0.480 e. The van der Waals surface area contributed by atoms with Crippen molar-refractivity contribution in [1.82, 2.24) is 0 Å². The summed E-state index contributed by atoms with van der Waals surface area (Å²) in [6, 6.07) is 0. The van der Waals surface area contributed by atoms with Crippen LogP contribution in [0.15, 0.2) is 0 Å². The summed E-state index contributed by atoms with van der Waals surface area (Å²) in [5, 5.41) is 8.61. The second-order valence-electron chi connectivity index (χ2n) is 5.62. The lowest BCUT2D eigenvalue weighted by molar-refractivity contribution is -0.138. The summed E-state index contributed by atoms with van der Waals surface area (Å²) >= 11 is 1.35. The highest BCUT2D eigenvalue weighted by molar-refractivity contribution is 8.00. The molecule has 1 N–H and O–H groups in total. The third-order valence-corrected chi connectivity index (χ3v) is 4.52. The molecule has 0 saturated heterocycles. The first kappa shape index (κ1) is 17.7. The number of hydrogen-bond acceptors (Lipinski definition) is 2. The van der Waals surface area contributed by atoms with E-state index in [9.17, 15) is 13.6 Å². The number of carboxylic acid groups (broad SMARTS) is 1. The van der Waals surface area contributed by atoms with E-state index >= 15 is 0 Å². The Kier molecular flexibility index (Phi) is 7.18. The molecule has 0 fully saturated rings. The van der Waals surface area contributed by atoms with Crippen molar-refractivity contribution in [3.63, 3.8) is 0 Å². The Bertz CT molecular complexity index is 262. The van der Waals surface area contributed by atoms with Crippen LogP contribution in [0.1, 0.15) is 53.4 Å². The van der Waals surface area contributed by atoms with Gasteiger partial charge in [-0.2, -0.15) is 0 Å². The van der Waals surface area contributed by atoms with Gasteiger partial charge in [0.05, 0.1) is 0 Å². The molecule has 0 spiro atoms. The molecule has 2 nitrogen and oxygen atoms in total. The maximum Gasteiger partial charge on any atom is 0.317 e. The molecule has 18 heavy (non-hydrogen) atoms. The monoisotopic (exact) mass is 282 g/mol. The Morgan fingerprint density at radius 3 is 2.22 bits per heavy atom. The fourth-order valence-electron chi connectivity index (χ4n) is 1.56. The second-order valence-corrected chi connectivity index (χ2v) is 6.83. The summed E-state index contributed by atoms with van der Waals surface area (Å²) in [6.07, 6.45) is 0.863. The predicted molar refractivity (Wildman–Crippen MR) is 72.4 cm³/mol. The average molecular weight is 282 g/mol. The highest BCUT2D eigenvalue weighted by Gasteiger charge is 2.31. The van der Waals surface area contributed by atoms with Crippen molar-refractivity contribution in [3.8, 4) is 0 Å². The Morgan fingerprint density at radius 2 is 1.83 bits per heavy atom. The summed E-state index contributed by atoms with van der Waals surface area (Å²) in [7, 11) is 0. The normalized spacial score (nSPS) is 14.6. The lowest BCUT2D eigenvalue weighted by Gasteiger charge is -2.26. The van der Waals surface area contributed by atoms with Crippen LogP contribution in [-0.4, -0.2) is 28.0 Å². The maximum absolute atomic E-state index is 13.0. The van der Waals surface area contributed by atoms with Gasteiger partial charge in [0, 0.05) is 12.8 Å². The molecule has 5 heteroatoms. The molecule has 0 rings (SSSR count). The van der Waals surface area contributed by atoms with Gasteiger partial charge in [0.15, 0.2) is 0 Å². The number of rotatable bonds is 8. The van der Waals surface area contributed by atoms with Crippen molar-refractivity contribution < 1.29 is 18.7 Å². The van der Waals surface area contributed by atoms with E-state index in [0.717, 1.165) is 0 Å². The van der Waals surface area contributed by atoms with E-state index in [1.54, 1.807) is 0 Å². The molecule has 0 heterocycles. The van der Waals surface area contributed by atoms with Gasteiger partial charge in [-0.25, -0.2) is 8.78 Å². The summed E-state index contributed by atoms with van der Waals surface area (Å²) in [4.78, 5) is 11.1. The molecule has 1 atom stereocenters. The van der Waals surface area contributed by atoms with E-state index < -0.39 is 17.1 Å². The second kappa shape index (κ2) is 7.31. The van der Waals surface area contributed by atoms with Crippen molar-refractivity contribution in [2.24, 2.45) is 5.41 Å². The minimum atomic E-state index is -2.57. The van der Waals surface area contributed by atoms with Crippen LogP contribution in [0, 0.1) is 5.41 Å². The molecule has 108 valence electrons. The fourth-order valence-corrected chi connectivity index (χ4v) is 2.80. The standard InChI is InChI=1S/C13H24F2O2S/c1-5-13(14,15)8-6-7-9-18-10(11(16)17)12(2,3)4/h10H,5-9H2,1-4H3,(H,16,17). The minimum Gasteiger partial charge on any atom is -0.480 e. The van der Waals surface area contributed by atoms with Crippen LogP contribution < -0.4 is 0 Å². The molecule has 0 radical (unpaired) electrons. The van der Waals surface area contributed by atoms with E-state index in [1.165, 1.54) is 18.7 Å². The van der Waals surface area contributed by atoms with Gasteiger partial charge in [0.25, 0.3) is 0 Å². The number of hydrogen-bond donors (Lipinski definition) is 1. The summed E-state index contributed by atoms with van der Waals surface area (Å²) in [6.45, 7) is 7.12. The first-order valence-corrected chi connectivity index (χ1v) is 7.37. The first-order valence-electron chi connectivity index (χ1n) is 6.32. The van der Waals surface area contributed by atoms with Crippen LogP contribution in [0.4, 0.5) is 8.78 Å². The van der Waals surface area contributed by atoms with Gasteiger partial charge in [-0.3, -0.25) is 4.79 Å². The fraction of sp³-hybridized carbons (Fsp3) is 0.923. The number of thioether (sulfide) groups is 1. The molecule has 0 saturated carbocycles. The lowest BCUT2D eigenvalue weighted by atomic mass is 9.92. The molecular formula is C13H24F2O2S. The molecule has 0 amide bonds. The highest BCUT2D eigenvalue weighted by atomic mass is 32.2. The van der Waals surface area contributed by atoms with Crippen LogP contribution in [0.5, 0.6) is 0 Å². The van der Waals surface area contributed by atoms with Crippen molar-refractivity contribution in [2.75, 3.05) is 5.75 Å². The van der Waals surface area contributed by atoms with Crippen molar-refractivity contribution in [1.29, 1.82) is 0 Å². The molecule has 0 aliphatic rings. The zero-order valence-electron chi connectivity index (χ0n) is 11.6. The van der Waals surface area contributed by atoms with Gasteiger partial charge in [0.2, 0.25) is 5.92 Å². The highest BCUT2D eigenvalue weighted by Crippen LogP contribution is 2.32. The maximum atomic E-state index is 13.0. The summed E-state index contributed by atoms with van der Waals surface area (Å²) in [5.74, 6) is -2.78. The first-order chi connectivity index (χ1) is 8.10. The smallest absolute Gasteiger partial charge is 0.317 e. The summed E-state index contributed by atoms with van der Waals surface area (Å²) in [5.41, 5.74) is -0.316. The predicted octanol–water partition coefficient (Wildman–Crippen LogP) is 4.43. The number of alkyl halides is 2. The molecule has 0 aromatic carbocycles. The Balaban J connectivity index is 3.93. The van der Waals surface area contributed by atoms with Gasteiger partial charge < -0.3 is 5.11 Å². The topological polar surface area (TPSA) is 37.3 Å². The molecule has 0 aliphatic heterocycles. The van der Waals surface area contributed by atoms with E-state index in [1.807, 2.05) is 20.8 Å². The number of aliphatic carboxylic acids is 1. The van der Waals surface area contributed by atoms with Gasteiger partial charge in [-0.15, -0.1) is 11.8 Å². The molecule has 0 aromatic heterocycles. The molecule has 0 aliphatic carbocycles. The van der Waals surface area contributed by atoms with Crippen molar-refractivity contribution in [2.45, 2.75) is 64.6 Å². The Labute approximate surface area is 113 Å². The number of unbranched alkanes of at least 4 members (excludes halogenated alkanes) is 1. The lowest BCUT2D eigenvalue weighted by Crippen LogP contribution is -2.31. The minimum absolute atomic E-state index is 0.0999. The van der Waals surface area contributed by atoms with E-state index in [4.69, 9.17) is 5.11 Å². The Hall–Kier alpha value is -0.320. The third kappa shape index (κ3) is 7.19. The number of carbonyl (C=O) groups is 1. The van der Waals surface area contributed by atoms with Gasteiger partial charge in [0.1, 0.15) is 5.25 Å². The zero-order chi connectivity index (χ0) is 14.4. The molecule has 0 bridgehead atoms. The van der Waals surface area contributed by atoms with Crippen LogP contribution in [-0.2, 0) is 4.79 Å². The summed E-state index contributed by atoms with van der Waals surface area (Å²) < 4.78 is 25.9. The molecule has 1 unspecified atom stereocenters. The SMILES string of the molecule is CCC(F)(F)CCCCSC(C(=O)O)C(C)(C)C. The van der Waals surface area contributed by atoms with Crippen LogP contribution in [0.2, 0.25) is 0 Å². The van der Waals surface area contributed by atoms with E-state index in [-0.39, 0.29) is 18.3 Å². The van der Waals surface area contributed by atoms with Crippen LogP contribution >= 0.6 is 11.8 Å². The van der Waals surface area contributed by atoms with Gasteiger partial charge in [-0.1, -0.05) is 27.7 Å². The molecule has 0 aromatic rings. The van der Waals surface area contributed by atoms with E-state index in [2.05, 4.69) is 0 Å². The van der Waals surface area contributed by atoms with Gasteiger partial charge >= 0.3 is 5.97 Å². The third-order valence-electron chi connectivity index (χ3n) is 2.75. The van der Waals surface area contributed by atoms with Gasteiger partial charge in [-0.05, 0) is 24.0 Å². The van der Waals surface area contributed by atoms with Crippen LogP contribution in [0.3, 0.4) is 0 Å². The average Bonchev–Trinajstić information content (AvgIpc) is 2.20. The molecular weight excluding hydrogens is 258 g/mol.